The molecule has 2 unspecified atom stereocenters. The Bertz CT molecular complexity index is 633. The van der Waals surface area contributed by atoms with Crippen LogP contribution in [0.2, 0.25) is 0 Å². The van der Waals surface area contributed by atoms with Gasteiger partial charge in [0.15, 0.2) is 5.78 Å². The Hall–Kier alpha value is -2.16. The predicted molar refractivity (Wildman–Crippen MR) is 74.6 cm³/mol. The lowest BCUT2D eigenvalue weighted by Gasteiger charge is -2.39. The van der Waals surface area contributed by atoms with Crippen molar-refractivity contribution < 1.29 is 4.79 Å². The molecule has 1 aliphatic carbocycles. The number of ketones is 1. The third-order valence-corrected chi connectivity index (χ3v) is 4.22. The quantitative estimate of drug-likeness (QED) is 0.660. The van der Waals surface area contributed by atoms with Crippen molar-refractivity contribution in [2.45, 2.75) is 12.5 Å². The zero-order chi connectivity index (χ0) is 12.9. The van der Waals surface area contributed by atoms with E-state index < -0.39 is 0 Å². The molecule has 3 heteroatoms. The smallest absolute Gasteiger partial charge is 0.157 e. The van der Waals surface area contributed by atoms with Crippen molar-refractivity contribution >= 4 is 12.0 Å². The molecule has 0 aromatic heterocycles. The third-order valence-electron chi connectivity index (χ3n) is 4.22. The van der Waals surface area contributed by atoms with Gasteiger partial charge >= 0.3 is 0 Å². The average molecular weight is 250 g/mol. The van der Waals surface area contributed by atoms with Crippen molar-refractivity contribution in [3.05, 3.63) is 60.0 Å². The fourth-order valence-electron chi connectivity index (χ4n) is 3.34. The summed E-state index contributed by atoms with van der Waals surface area (Å²) in [4.78, 5) is 18.6. The first-order valence-corrected chi connectivity index (χ1v) is 6.59. The van der Waals surface area contributed by atoms with E-state index in [-0.39, 0.29) is 17.2 Å². The number of allylic oxidation sites excluding steroid dienone is 5. The molecule has 0 fully saturated rings. The van der Waals surface area contributed by atoms with Gasteiger partial charge in [-0.3, -0.25) is 9.79 Å². The number of nitrogens with zero attached hydrogens (tertiary/aromatic N) is 2. The van der Waals surface area contributed by atoms with Gasteiger partial charge in [0, 0.05) is 31.1 Å². The molecule has 3 heterocycles. The molecule has 1 spiro atoms. The third kappa shape index (κ3) is 1.38. The molecule has 0 N–H and O–H groups in total. The molecule has 94 valence electrons. The second-order valence-corrected chi connectivity index (χ2v) is 5.28. The van der Waals surface area contributed by atoms with E-state index in [1.807, 2.05) is 18.4 Å². The van der Waals surface area contributed by atoms with E-state index in [0.29, 0.717) is 6.42 Å². The van der Waals surface area contributed by atoms with Crippen LogP contribution < -0.4 is 0 Å². The van der Waals surface area contributed by atoms with Gasteiger partial charge in [0.05, 0.1) is 11.5 Å². The van der Waals surface area contributed by atoms with Crippen LogP contribution in [-0.2, 0) is 4.79 Å². The summed E-state index contributed by atoms with van der Waals surface area (Å²) in [6, 6.07) is -0.0206. The summed E-state index contributed by atoms with van der Waals surface area (Å²) < 4.78 is 0. The monoisotopic (exact) mass is 250 g/mol. The van der Waals surface area contributed by atoms with E-state index in [2.05, 4.69) is 40.4 Å². The van der Waals surface area contributed by atoms with Crippen LogP contribution in [0.1, 0.15) is 6.42 Å². The molecule has 3 aliphatic heterocycles. The maximum absolute atomic E-state index is 11.7. The Labute approximate surface area is 112 Å². The molecule has 0 bridgehead atoms. The highest BCUT2D eigenvalue weighted by atomic mass is 16.1. The standard InChI is InChI=1S/C16H14N2O/c19-13-5-6-16-7-10-18-9-2-4-12(15(16)18)3-1-8-17-14(16)11-13/h1-8,10,14H,9,11H2/b3-1-,17-8?. The van der Waals surface area contributed by atoms with Crippen LogP contribution >= 0.6 is 0 Å². The van der Waals surface area contributed by atoms with Gasteiger partial charge in [0.1, 0.15) is 0 Å². The van der Waals surface area contributed by atoms with Crippen LogP contribution in [-0.4, -0.2) is 29.5 Å². The Morgan fingerprint density at radius 1 is 1.26 bits per heavy atom. The number of carbonyl (C=O) groups is 1. The number of hydrogen-bond acceptors (Lipinski definition) is 3. The minimum absolute atomic E-state index is 0.0206. The first-order chi connectivity index (χ1) is 9.29. The molecule has 0 aromatic rings. The van der Waals surface area contributed by atoms with Crippen LogP contribution in [0.25, 0.3) is 0 Å². The van der Waals surface area contributed by atoms with Gasteiger partial charge in [-0.05, 0) is 17.7 Å². The van der Waals surface area contributed by atoms with E-state index in [4.69, 9.17) is 0 Å². The van der Waals surface area contributed by atoms with E-state index in [0.717, 1.165) is 6.54 Å². The Kier molecular flexibility index (Phi) is 2.07. The summed E-state index contributed by atoms with van der Waals surface area (Å²) in [7, 11) is 0. The zero-order valence-electron chi connectivity index (χ0n) is 10.5. The lowest BCUT2D eigenvalue weighted by molar-refractivity contribution is -0.115. The molecule has 4 rings (SSSR count). The predicted octanol–water partition coefficient (Wildman–Crippen LogP) is 2.16. The topological polar surface area (TPSA) is 32.7 Å². The van der Waals surface area contributed by atoms with Crippen molar-refractivity contribution in [3.63, 3.8) is 0 Å². The number of aliphatic imine (C=N–C) groups is 1. The normalized spacial score (nSPS) is 36.1. The van der Waals surface area contributed by atoms with Crippen molar-refractivity contribution in [1.29, 1.82) is 0 Å². The minimum atomic E-state index is -0.241. The van der Waals surface area contributed by atoms with Crippen LogP contribution in [0, 0.1) is 5.41 Å². The lowest BCUT2D eigenvalue weighted by atomic mass is 9.71. The first-order valence-electron chi connectivity index (χ1n) is 6.59. The molecular weight excluding hydrogens is 236 g/mol. The maximum Gasteiger partial charge on any atom is 0.157 e. The Morgan fingerprint density at radius 3 is 3.16 bits per heavy atom. The minimum Gasteiger partial charge on any atom is -0.346 e. The maximum atomic E-state index is 11.7. The fraction of sp³-hybridized carbons (Fsp3) is 0.250. The summed E-state index contributed by atoms with van der Waals surface area (Å²) in [6.45, 7) is 0.892. The molecule has 0 radical (unpaired) electrons. The zero-order valence-corrected chi connectivity index (χ0v) is 10.5. The van der Waals surface area contributed by atoms with Crippen molar-refractivity contribution in [2.75, 3.05) is 6.54 Å². The number of hydrogen-bond donors (Lipinski definition) is 0. The van der Waals surface area contributed by atoms with E-state index in [1.54, 1.807) is 6.08 Å². The molecular formula is C16H14N2O. The molecule has 0 aromatic carbocycles. The van der Waals surface area contributed by atoms with Gasteiger partial charge in [-0.25, -0.2) is 0 Å². The first kappa shape index (κ1) is 10.7. The van der Waals surface area contributed by atoms with Crippen LogP contribution in [0.5, 0.6) is 0 Å². The SMILES string of the molecule is O=C1C=CC23C=CN4CC=CC(=C42)/C=C\C=NC3C1. The Balaban J connectivity index is 1.99. The molecule has 19 heavy (non-hydrogen) atoms. The summed E-state index contributed by atoms with van der Waals surface area (Å²) >= 11 is 0. The summed E-state index contributed by atoms with van der Waals surface area (Å²) in [5, 5.41) is 0. The van der Waals surface area contributed by atoms with E-state index >= 15 is 0 Å². The highest BCUT2D eigenvalue weighted by Crippen LogP contribution is 2.49. The molecule has 0 saturated carbocycles. The molecule has 2 atom stereocenters. The fourth-order valence-corrected chi connectivity index (χ4v) is 3.34. The van der Waals surface area contributed by atoms with E-state index in [1.165, 1.54) is 11.3 Å². The van der Waals surface area contributed by atoms with Gasteiger partial charge < -0.3 is 4.90 Å². The van der Waals surface area contributed by atoms with Gasteiger partial charge in [0.2, 0.25) is 0 Å². The molecule has 3 nitrogen and oxygen atoms in total. The molecule has 0 saturated heterocycles. The van der Waals surface area contributed by atoms with Gasteiger partial charge in [-0.15, -0.1) is 0 Å². The summed E-state index contributed by atoms with van der Waals surface area (Å²) in [5.41, 5.74) is 2.23. The van der Waals surface area contributed by atoms with Crippen LogP contribution in [0.15, 0.2) is 65.0 Å². The highest BCUT2D eigenvalue weighted by Gasteiger charge is 2.47. The number of rotatable bonds is 0. The van der Waals surface area contributed by atoms with Crippen molar-refractivity contribution in [1.82, 2.24) is 4.90 Å². The number of carbonyl (C=O) groups excluding carboxylic acids is 1. The molecule has 0 amide bonds. The molecule has 4 aliphatic rings. The highest BCUT2D eigenvalue weighted by molar-refractivity contribution is 5.92. The van der Waals surface area contributed by atoms with Crippen molar-refractivity contribution in [2.24, 2.45) is 10.4 Å². The average Bonchev–Trinajstić information content (AvgIpc) is 2.77. The summed E-state index contributed by atoms with van der Waals surface area (Å²) in [5.74, 6) is 0.165. The Morgan fingerprint density at radius 2 is 2.21 bits per heavy atom. The second kappa shape index (κ2) is 3.67. The van der Waals surface area contributed by atoms with Crippen LogP contribution in [0.4, 0.5) is 0 Å². The van der Waals surface area contributed by atoms with Gasteiger partial charge in [-0.1, -0.05) is 30.4 Å². The van der Waals surface area contributed by atoms with Gasteiger partial charge in [0.25, 0.3) is 0 Å². The van der Waals surface area contributed by atoms with Gasteiger partial charge in [-0.2, -0.15) is 0 Å². The second-order valence-electron chi connectivity index (χ2n) is 5.28. The van der Waals surface area contributed by atoms with Crippen molar-refractivity contribution in [3.8, 4) is 0 Å². The van der Waals surface area contributed by atoms with Crippen LogP contribution in [0.3, 0.4) is 0 Å². The lowest BCUT2D eigenvalue weighted by Crippen LogP contribution is -2.40. The summed E-state index contributed by atoms with van der Waals surface area (Å²) in [6.07, 6.45) is 18.8. The largest absolute Gasteiger partial charge is 0.346 e. The van der Waals surface area contributed by atoms with E-state index in [9.17, 15) is 4.79 Å².